The van der Waals surface area contributed by atoms with Gasteiger partial charge in [-0.15, -0.1) is 0 Å². The molecule has 24 heavy (non-hydrogen) atoms. The van der Waals surface area contributed by atoms with Crippen molar-refractivity contribution in [3.05, 3.63) is 0 Å². The highest BCUT2D eigenvalue weighted by atomic mass is 16.8. The number of rotatable bonds is 1. The van der Waals surface area contributed by atoms with E-state index in [0.29, 0.717) is 6.61 Å². The molecular weight excluding hydrogens is 312 g/mol. The van der Waals surface area contributed by atoms with Crippen LogP contribution in [0.15, 0.2) is 0 Å². The molecule has 0 radical (unpaired) electrons. The van der Waals surface area contributed by atoms with Gasteiger partial charge in [0.25, 0.3) is 0 Å². The van der Waals surface area contributed by atoms with E-state index in [1.54, 1.807) is 0 Å². The molecule has 2 spiro atoms. The Hall–Kier alpha value is -0.690. The number of fused-ring (bicyclic) bond motifs is 1. The van der Waals surface area contributed by atoms with Crippen LogP contribution in [0.3, 0.4) is 0 Å². The molecule has 0 aromatic carbocycles. The van der Waals surface area contributed by atoms with Gasteiger partial charge in [-0.25, -0.2) is 4.79 Å². The molecule has 4 atom stereocenters. The summed E-state index contributed by atoms with van der Waals surface area (Å²) in [7, 11) is 0. The fourth-order valence-corrected chi connectivity index (χ4v) is 5.03. The van der Waals surface area contributed by atoms with E-state index in [1.165, 1.54) is 12.8 Å². The van der Waals surface area contributed by atoms with Crippen LogP contribution in [0.4, 0.5) is 0 Å². The summed E-state index contributed by atoms with van der Waals surface area (Å²) in [6.45, 7) is 0.470. The number of carbonyl (C=O) groups is 1. The van der Waals surface area contributed by atoms with Gasteiger partial charge in [0, 0.05) is 25.7 Å². The van der Waals surface area contributed by atoms with Crippen LogP contribution in [0, 0.1) is 0 Å². The Kier molecular flexibility index (Phi) is 3.67. The van der Waals surface area contributed by atoms with E-state index in [-0.39, 0.29) is 18.2 Å². The van der Waals surface area contributed by atoms with Gasteiger partial charge in [-0.05, 0) is 25.7 Å². The van der Waals surface area contributed by atoms with Crippen molar-refractivity contribution in [1.82, 2.24) is 0 Å². The number of cyclic esters (lactones) is 1. The highest BCUT2D eigenvalue weighted by molar-refractivity contribution is 5.78. The molecular formula is C18H26O6. The first kappa shape index (κ1) is 15.6. The van der Waals surface area contributed by atoms with Crippen LogP contribution in [0.5, 0.6) is 0 Å². The van der Waals surface area contributed by atoms with Crippen molar-refractivity contribution in [2.45, 2.75) is 100 Å². The van der Waals surface area contributed by atoms with Gasteiger partial charge in [0.2, 0.25) is 0 Å². The Morgan fingerprint density at radius 1 is 0.750 bits per heavy atom. The number of esters is 1. The minimum Gasteiger partial charge on any atom is -0.455 e. The summed E-state index contributed by atoms with van der Waals surface area (Å²) in [5, 5.41) is 0. The van der Waals surface area contributed by atoms with Crippen molar-refractivity contribution < 1.29 is 28.5 Å². The SMILES string of the molecule is O=C1O[C@H]([C@H]2COC3(CCCCC3)O2)[C@H]2OC3(CCCCC3)O[C@@H]12. The molecule has 0 N–H and O–H groups in total. The molecule has 6 nitrogen and oxygen atoms in total. The maximum Gasteiger partial charge on any atom is 0.338 e. The summed E-state index contributed by atoms with van der Waals surface area (Å²) in [4.78, 5) is 12.3. The van der Waals surface area contributed by atoms with Crippen molar-refractivity contribution in [3.8, 4) is 0 Å². The Morgan fingerprint density at radius 3 is 2.12 bits per heavy atom. The second-order valence-corrected chi connectivity index (χ2v) is 7.93. The summed E-state index contributed by atoms with van der Waals surface area (Å²) >= 11 is 0. The topological polar surface area (TPSA) is 63.2 Å². The fraction of sp³-hybridized carbons (Fsp3) is 0.944. The molecule has 5 aliphatic rings. The monoisotopic (exact) mass is 338 g/mol. The average molecular weight is 338 g/mol. The van der Waals surface area contributed by atoms with Gasteiger partial charge in [0.05, 0.1) is 6.61 Å². The average Bonchev–Trinajstić information content (AvgIpc) is 3.24. The summed E-state index contributed by atoms with van der Waals surface area (Å²) < 4.78 is 30.2. The van der Waals surface area contributed by atoms with Crippen LogP contribution in [0.1, 0.15) is 64.2 Å². The number of hydrogen-bond acceptors (Lipinski definition) is 6. The van der Waals surface area contributed by atoms with E-state index in [0.717, 1.165) is 51.4 Å². The molecule has 3 heterocycles. The maximum absolute atomic E-state index is 12.3. The third-order valence-corrected chi connectivity index (χ3v) is 6.27. The molecule has 0 aromatic heterocycles. The first-order chi connectivity index (χ1) is 11.7. The highest BCUT2D eigenvalue weighted by Gasteiger charge is 2.62. The van der Waals surface area contributed by atoms with Crippen molar-refractivity contribution in [3.63, 3.8) is 0 Å². The van der Waals surface area contributed by atoms with E-state index in [1.807, 2.05) is 0 Å². The molecule has 2 saturated carbocycles. The molecule has 2 aliphatic carbocycles. The van der Waals surface area contributed by atoms with Crippen molar-refractivity contribution in [2.24, 2.45) is 0 Å². The first-order valence-corrected chi connectivity index (χ1v) is 9.57. The normalized spacial score (nSPS) is 43.2. The minimum atomic E-state index is -0.598. The standard InChI is InChI=1S/C18H26O6/c19-16-15-14(23-18(24-15)9-5-2-6-10-18)13(21-16)12-11-20-17(22-12)7-3-1-4-8-17/h12-15H,1-11H2/t12-,13-,14-,15-/m1/s1. The van der Waals surface area contributed by atoms with E-state index >= 15 is 0 Å². The van der Waals surface area contributed by atoms with Gasteiger partial charge in [-0.2, -0.15) is 0 Å². The van der Waals surface area contributed by atoms with Crippen LogP contribution in [0.2, 0.25) is 0 Å². The van der Waals surface area contributed by atoms with E-state index in [4.69, 9.17) is 23.7 Å². The summed E-state index contributed by atoms with van der Waals surface area (Å²) in [5.41, 5.74) is 0. The third kappa shape index (κ3) is 2.42. The van der Waals surface area contributed by atoms with Crippen molar-refractivity contribution in [1.29, 1.82) is 0 Å². The lowest BCUT2D eigenvalue weighted by molar-refractivity contribution is -0.230. The van der Waals surface area contributed by atoms with Crippen molar-refractivity contribution >= 4 is 5.97 Å². The van der Waals surface area contributed by atoms with Gasteiger partial charge in [-0.3, -0.25) is 0 Å². The largest absolute Gasteiger partial charge is 0.455 e. The van der Waals surface area contributed by atoms with Gasteiger partial charge < -0.3 is 23.7 Å². The Balaban J connectivity index is 1.31. The maximum atomic E-state index is 12.3. The molecule has 5 fully saturated rings. The molecule has 3 aliphatic heterocycles. The Morgan fingerprint density at radius 2 is 1.42 bits per heavy atom. The zero-order valence-electron chi connectivity index (χ0n) is 14.0. The first-order valence-electron chi connectivity index (χ1n) is 9.57. The predicted molar refractivity (Wildman–Crippen MR) is 82.1 cm³/mol. The van der Waals surface area contributed by atoms with Crippen LogP contribution in [-0.2, 0) is 28.5 Å². The Bertz CT molecular complexity index is 508. The molecule has 5 rings (SSSR count). The van der Waals surface area contributed by atoms with E-state index < -0.39 is 23.8 Å². The van der Waals surface area contributed by atoms with Crippen LogP contribution in [0.25, 0.3) is 0 Å². The second kappa shape index (κ2) is 5.66. The quantitative estimate of drug-likeness (QED) is 0.684. The lowest BCUT2D eigenvalue weighted by Gasteiger charge is -2.34. The number of ether oxygens (including phenoxy) is 5. The van der Waals surface area contributed by atoms with Gasteiger partial charge in [0.15, 0.2) is 23.8 Å². The van der Waals surface area contributed by atoms with Crippen LogP contribution < -0.4 is 0 Å². The van der Waals surface area contributed by atoms with Gasteiger partial charge in [-0.1, -0.05) is 12.8 Å². The van der Waals surface area contributed by atoms with E-state index in [2.05, 4.69) is 0 Å². The minimum absolute atomic E-state index is 0.246. The third-order valence-electron chi connectivity index (χ3n) is 6.27. The molecule has 0 bridgehead atoms. The molecule has 3 saturated heterocycles. The molecule has 6 heteroatoms. The second-order valence-electron chi connectivity index (χ2n) is 7.93. The Labute approximate surface area is 142 Å². The van der Waals surface area contributed by atoms with Crippen LogP contribution >= 0.6 is 0 Å². The zero-order valence-corrected chi connectivity index (χ0v) is 14.0. The number of hydrogen-bond donors (Lipinski definition) is 0. The molecule has 134 valence electrons. The van der Waals surface area contributed by atoms with Crippen LogP contribution in [-0.4, -0.2) is 48.6 Å². The smallest absolute Gasteiger partial charge is 0.338 e. The summed E-state index contributed by atoms with van der Waals surface area (Å²) in [5.74, 6) is -1.34. The lowest BCUT2D eigenvalue weighted by Crippen LogP contribution is -2.43. The summed E-state index contributed by atoms with van der Waals surface area (Å²) in [6, 6.07) is 0. The van der Waals surface area contributed by atoms with Crippen molar-refractivity contribution in [2.75, 3.05) is 6.61 Å². The van der Waals surface area contributed by atoms with Gasteiger partial charge in [0.1, 0.15) is 12.2 Å². The molecule has 0 amide bonds. The number of carbonyl (C=O) groups excluding carboxylic acids is 1. The fourth-order valence-electron chi connectivity index (χ4n) is 5.03. The molecule has 0 aromatic rings. The van der Waals surface area contributed by atoms with Gasteiger partial charge >= 0.3 is 5.97 Å². The zero-order chi connectivity index (χ0) is 16.2. The van der Waals surface area contributed by atoms with E-state index in [9.17, 15) is 4.79 Å². The highest BCUT2D eigenvalue weighted by Crippen LogP contribution is 2.47. The lowest BCUT2D eigenvalue weighted by atomic mass is 9.94. The molecule has 0 unspecified atom stereocenters. The summed E-state index contributed by atoms with van der Waals surface area (Å²) in [6.07, 6.45) is 8.87. The predicted octanol–water partition coefficient (Wildman–Crippen LogP) is 2.43.